The summed E-state index contributed by atoms with van der Waals surface area (Å²) in [6.45, 7) is 10.7. The van der Waals surface area contributed by atoms with E-state index in [4.69, 9.17) is 4.74 Å². The average Bonchev–Trinajstić information content (AvgIpc) is 3.57. The number of H-pyrrole nitrogens is 1. The van der Waals surface area contributed by atoms with Gasteiger partial charge in [-0.1, -0.05) is 32.8 Å². The van der Waals surface area contributed by atoms with E-state index in [1.807, 2.05) is 6.07 Å². The molecular formula is C27H38N6O2. The second-order valence-corrected chi connectivity index (χ2v) is 10.8. The Hall–Kier alpha value is -2.58. The Morgan fingerprint density at radius 2 is 1.94 bits per heavy atom. The molecule has 2 aliphatic rings. The molecule has 8 heteroatoms. The number of ether oxygens (including phenoxy) is 1. The molecule has 3 aromatic rings. The molecule has 0 unspecified atom stereocenters. The molecule has 0 radical (unpaired) electrons. The van der Waals surface area contributed by atoms with Crippen LogP contribution in [0, 0.1) is 19.8 Å². The lowest BCUT2D eigenvalue weighted by Crippen LogP contribution is -2.40. The van der Waals surface area contributed by atoms with E-state index in [9.17, 15) is 4.79 Å². The number of nitrogens with one attached hydrogen (secondary N) is 1. The summed E-state index contributed by atoms with van der Waals surface area (Å²) < 4.78 is 8.11. The minimum absolute atomic E-state index is 0.0102. The molecule has 0 bridgehead atoms. The Kier molecular flexibility index (Phi) is 7.02. The summed E-state index contributed by atoms with van der Waals surface area (Å²) in [6.07, 6.45) is 6.98. The largest absolute Gasteiger partial charge is 0.377 e. The molecule has 1 saturated heterocycles. The van der Waals surface area contributed by atoms with Crippen LogP contribution in [0.5, 0.6) is 0 Å². The maximum absolute atomic E-state index is 13.2. The number of aryl methyl sites for hydroxylation is 2. The molecule has 2 aromatic heterocycles. The van der Waals surface area contributed by atoms with Gasteiger partial charge in [0.2, 0.25) is 0 Å². The van der Waals surface area contributed by atoms with E-state index in [-0.39, 0.29) is 23.6 Å². The zero-order valence-electron chi connectivity index (χ0n) is 21.5. The average molecular weight is 479 g/mol. The van der Waals surface area contributed by atoms with Crippen LogP contribution in [0.1, 0.15) is 87.0 Å². The van der Waals surface area contributed by atoms with Crippen molar-refractivity contribution >= 4 is 10.9 Å². The Bertz CT molecular complexity index is 1220. The van der Waals surface area contributed by atoms with Crippen LogP contribution in [0.15, 0.2) is 23.0 Å². The molecule has 2 fully saturated rings. The quantitative estimate of drug-likeness (QED) is 0.508. The standard InChI is InChI=1S/C27H38N6O2/c1-17(2)25(26-29-30-31-33(26)21-8-5-6-9-21)32(16-22-10-7-11-35-22)15-20-14-23-19(4)12-18(3)13-24(23)28-27(20)34/h12-14,17,21-22,25H,5-11,15-16H2,1-4H3,(H,28,34)/t22-,25+/m0/s1. The van der Waals surface area contributed by atoms with Crippen LogP contribution < -0.4 is 5.56 Å². The number of fused-ring (bicyclic) bond motifs is 1. The van der Waals surface area contributed by atoms with Crippen LogP contribution in [-0.2, 0) is 11.3 Å². The number of hydrogen-bond donors (Lipinski definition) is 1. The van der Waals surface area contributed by atoms with Crippen molar-refractivity contribution in [2.24, 2.45) is 5.92 Å². The van der Waals surface area contributed by atoms with E-state index in [0.717, 1.165) is 66.7 Å². The first-order valence-electron chi connectivity index (χ1n) is 13.2. The molecule has 8 nitrogen and oxygen atoms in total. The molecule has 0 amide bonds. The predicted octanol–water partition coefficient (Wildman–Crippen LogP) is 4.62. The molecular weight excluding hydrogens is 440 g/mol. The highest BCUT2D eigenvalue weighted by Crippen LogP contribution is 2.35. The molecule has 2 atom stereocenters. The number of hydrogen-bond acceptors (Lipinski definition) is 6. The lowest BCUT2D eigenvalue weighted by atomic mass is 9.98. The highest BCUT2D eigenvalue weighted by molar-refractivity contribution is 5.83. The Morgan fingerprint density at radius 1 is 1.14 bits per heavy atom. The van der Waals surface area contributed by atoms with Gasteiger partial charge in [0.05, 0.1) is 18.2 Å². The molecule has 5 rings (SSSR count). The highest BCUT2D eigenvalue weighted by atomic mass is 16.5. The molecule has 1 aliphatic carbocycles. The smallest absolute Gasteiger partial charge is 0.252 e. The van der Waals surface area contributed by atoms with Gasteiger partial charge in [-0.2, -0.15) is 0 Å². The monoisotopic (exact) mass is 478 g/mol. The SMILES string of the molecule is Cc1cc(C)c2cc(CN(C[C@@H]3CCCO3)[C@@H](c3nnnn3C3CCCC3)C(C)C)c(=O)[nH]c2c1. The van der Waals surface area contributed by atoms with Gasteiger partial charge in [0.15, 0.2) is 5.82 Å². The van der Waals surface area contributed by atoms with Crippen molar-refractivity contribution in [3.05, 3.63) is 51.1 Å². The van der Waals surface area contributed by atoms with Gasteiger partial charge < -0.3 is 9.72 Å². The topological polar surface area (TPSA) is 88.9 Å². The summed E-state index contributed by atoms with van der Waals surface area (Å²) in [5.41, 5.74) is 3.96. The van der Waals surface area contributed by atoms with Crippen molar-refractivity contribution in [3.63, 3.8) is 0 Å². The van der Waals surface area contributed by atoms with Crippen molar-refractivity contribution in [2.45, 2.75) is 91.0 Å². The second kappa shape index (κ2) is 10.2. The van der Waals surface area contributed by atoms with Crippen molar-refractivity contribution in [2.75, 3.05) is 13.2 Å². The summed E-state index contributed by atoms with van der Waals surface area (Å²) in [6, 6.07) is 6.64. The Balaban J connectivity index is 1.54. The third-order valence-corrected chi connectivity index (χ3v) is 7.70. The Labute approximate surface area is 207 Å². The van der Waals surface area contributed by atoms with E-state index < -0.39 is 0 Å². The summed E-state index contributed by atoms with van der Waals surface area (Å²) in [4.78, 5) is 18.8. The van der Waals surface area contributed by atoms with E-state index >= 15 is 0 Å². The van der Waals surface area contributed by atoms with Crippen molar-refractivity contribution in [3.8, 4) is 0 Å². The number of nitrogens with zero attached hydrogens (tertiary/aromatic N) is 5. The predicted molar refractivity (Wildman–Crippen MR) is 136 cm³/mol. The third-order valence-electron chi connectivity index (χ3n) is 7.70. The summed E-state index contributed by atoms with van der Waals surface area (Å²) in [5, 5.41) is 14.2. The lowest BCUT2D eigenvalue weighted by molar-refractivity contribution is 0.0379. The fourth-order valence-electron chi connectivity index (χ4n) is 6.07. The maximum Gasteiger partial charge on any atom is 0.252 e. The fraction of sp³-hybridized carbons (Fsp3) is 0.630. The van der Waals surface area contributed by atoms with Gasteiger partial charge in [0.25, 0.3) is 5.56 Å². The van der Waals surface area contributed by atoms with E-state index in [2.05, 4.69) is 69.9 Å². The van der Waals surface area contributed by atoms with Gasteiger partial charge in [-0.05, 0) is 79.1 Å². The van der Waals surface area contributed by atoms with Crippen LogP contribution in [0.4, 0.5) is 0 Å². The van der Waals surface area contributed by atoms with Crippen LogP contribution in [-0.4, -0.2) is 49.3 Å². The highest BCUT2D eigenvalue weighted by Gasteiger charge is 2.34. The Morgan fingerprint density at radius 3 is 2.66 bits per heavy atom. The minimum atomic E-state index is -0.0299. The number of aromatic nitrogens is 5. The lowest BCUT2D eigenvalue weighted by Gasteiger charge is -2.35. The molecule has 1 saturated carbocycles. The van der Waals surface area contributed by atoms with Gasteiger partial charge >= 0.3 is 0 Å². The van der Waals surface area contributed by atoms with Gasteiger partial charge in [0.1, 0.15) is 0 Å². The molecule has 0 spiro atoms. The number of rotatable bonds is 8. The summed E-state index contributed by atoms with van der Waals surface area (Å²) >= 11 is 0. The van der Waals surface area contributed by atoms with E-state index in [1.165, 1.54) is 18.4 Å². The van der Waals surface area contributed by atoms with Gasteiger partial charge in [-0.3, -0.25) is 9.69 Å². The summed E-state index contributed by atoms with van der Waals surface area (Å²) in [7, 11) is 0. The van der Waals surface area contributed by atoms with Gasteiger partial charge in [-0.15, -0.1) is 5.10 Å². The molecule has 188 valence electrons. The molecule has 1 aliphatic heterocycles. The zero-order valence-corrected chi connectivity index (χ0v) is 21.5. The molecule has 1 N–H and O–H groups in total. The first-order valence-corrected chi connectivity index (χ1v) is 13.2. The number of aromatic amines is 1. The van der Waals surface area contributed by atoms with Crippen molar-refractivity contribution in [1.82, 2.24) is 30.1 Å². The minimum Gasteiger partial charge on any atom is -0.377 e. The molecule has 35 heavy (non-hydrogen) atoms. The third kappa shape index (κ3) is 5.05. The van der Waals surface area contributed by atoms with Gasteiger partial charge in [-0.25, -0.2) is 4.68 Å². The summed E-state index contributed by atoms with van der Waals surface area (Å²) in [5.74, 6) is 1.18. The number of tetrazole rings is 1. The van der Waals surface area contributed by atoms with E-state index in [1.54, 1.807) is 0 Å². The molecule has 3 heterocycles. The van der Waals surface area contributed by atoms with Crippen LogP contribution in [0.3, 0.4) is 0 Å². The normalized spacial score (nSPS) is 20.0. The van der Waals surface area contributed by atoms with Gasteiger partial charge in [0, 0.05) is 36.2 Å². The fourth-order valence-corrected chi connectivity index (χ4v) is 6.07. The van der Waals surface area contributed by atoms with Crippen molar-refractivity contribution < 1.29 is 4.74 Å². The first-order chi connectivity index (χ1) is 16.9. The number of benzene rings is 1. The maximum atomic E-state index is 13.2. The second-order valence-electron chi connectivity index (χ2n) is 10.8. The van der Waals surface area contributed by atoms with Crippen LogP contribution in [0.25, 0.3) is 10.9 Å². The number of pyridine rings is 1. The first kappa shape index (κ1) is 24.1. The van der Waals surface area contributed by atoms with E-state index in [0.29, 0.717) is 12.6 Å². The zero-order chi connectivity index (χ0) is 24.5. The van der Waals surface area contributed by atoms with Crippen LogP contribution in [0.2, 0.25) is 0 Å². The van der Waals surface area contributed by atoms with Crippen molar-refractivity contribution in [1.29, 1.82) is 0 Å². The van der Waals surface area contributed by atoms with Crippen LogP contribution >= 0.6 is 0 Å². The molecule has 1 aromatic carbocycles.